The SMILES string of the molecule is CC1=C[C@H](CC=O)C(c2cccs2)(c2cccs2)SC1. The van der Waals surface area contributed by atoms with Crippen molar-refractivity contribution < 1.29 is 4.79 Å². The van der Waals surface area contributed by atoms with E-state index in [4.69, 9.17) is 0 Å². The number of carbonyl (C=O) groups excluding carboxylic acids is 1. The van der Waals surface area contributed by atoms with Crippen molar-refractivity contribution in [2.24, 2.45) is 5.92 Å². The molecule has 0 aromatic carbocycles. The van der Waals surface area contributed by atoms with Gasteiger partial charge < -0.3 is 4.79 Å². The molecule has 2 aromatic rings. The van der Waals surface area contributed by atoms with Crippen molar-refractivity contribution >= 4 is 40.7 Å². The molecule has 0 bridgehead atoms. The van der Waals surface area contributed by atoms with Crippen LogP contribution < -0.4 is 0 Å². The van der Waals surface area contributed by atoms with Crippen molar-refractivity contribution in [2.75, 3.05) is 5.75 Å². The van der Waals surface area contributed by atoms with Crippen LogP contribution in [-0.4, -0.2) is 12.0 Å². The third-order valence-corrected chi connectivity index (χ3v) is 7.73. The Bertz CT molecular complexity index is 561. The van der Waals surface area contributed by atoms with Gasteiger partial charge in [-0.05, 0) is 29.8 Å². The topological polar surface area (TPSA) is 17.1 Å². The first-order chi connectivity index (χ1) is 9.77. The van der Waals surface area contributed by atoms with Gasteiger partial charge in [-0.15, -0.1) is 34.4 Å². The van der Waals surface area contributed by atoms with E-state index in [-0.39, 0.29) is 10.7 Å². The molecule has 3 rings (SSSR count). The van der Waals surface area contributed by atoms with E-state index < -0.39 is 0 Å². The minimum absolute atomic E-state index is 0.0806. The maximum absolute atomic E-state index is 11.2. The summed E-state index contributed by atoms with van der Waals surface area (Å²) in [5, 5.41) is 4.27. The minimum Gasteiger partial charge on any atom is -0.303 e. The van der Waals surface area contributed by atoms with Crippen LogP contribution in [0.2, 0.25) is 0 Å². The van der Waals surface area contributed by atoms with Crippen LogP contribution in [-0.2, 0) is 9.54 Å². The highest BCUT2D eigenvalue weighted by molar-refractivity contribution is 8.00. The Labute approximate surface area is 131 Å². The minimum atomic E-state index is -0.0806. The summed E-state index contributed by atoms with van der Waals surface area (Å²) in [6.07, 6.45) is 3.96. The lowest BCUT2D eigenvalue weighted by atomic mass is 9.84. The zero-order valence-electron chi connectivity index (χ0n) is 11.2. The van der Waals surface area contributed by atoms with E-state index in [1.807, 2.05) is 11.8 Å². The first-order valence-electron chi connectivity index (χ1n) is 6.60. The van der Waals surface area contributed by atoms with Gasteiger partial charge in [-0.3, -0.25) is 0 Å². The van der Waals surface area contributed by atoms with Crippen molar-refractivity contribution in [1.29, 1.82) is 0 Å². The highest BCUT2D eigenvalue weighted by Gasteiger charge is 2.45. The van der Waals surface area contributed by atoms with Crippen LogP contribution in [0.3, 0.4) is 0 Å². The molecule has 1 nitrogen and oxygen atoms in total. The molecule has 0 unspecified atom stereocenters. The molecule has 0 radical (unpaired) electrons. The lowest BCUT2D eigenvalue weighted by Gasteiger charge is -2.40. The summed E-state index contributed by atoms with van der Waals surface area (Å²) in [6.45, 7) is 2.16. The number of allylic oxidation sites excluding steroid dienone is 1. The van der Waals surface area contributed by atoms with E-state index in [1.54, 1.807) is 22.7 Å². The van der Waals surface area contributed by atoms with E-state index in [1.165, 1.54) is 15.3 Å². The molecule has 0 N–H and O–H groups in total. The van der Waals surface area contributed by atoms with Gasteiger partial charge in [-0.25, -0.2) is 0 Å². The second-order valence-corrected chi connectivity index (χ2v) is 8.12. The molecule has 0 saturated heterocycles. The first-order valence-corrected chi connectivity index (χ1v) is 9.34. The summed E-state index contributed by atoms with van der Waals surface area (Å²) in [6, 6.07) is 8.64. The molecule has 0 spiro atoms. The third-order valence-electron chi connectivity index (χ3n) is 3.66. The lowest BCUT2D eigenvalue weighted by Crippen LogP contribution is -2.34. The highest BCUT2D eigenvalue weighted by Crippen LogP contribution is 2.55. The van der Waals surface area contributed by atoms with E-state index in [9.17, 15) is 4.79 Å². The van der Waals surface area contributed by atoms with Crippen LogP contribution in [0.25, 0.3) is 0 Å². The zero-order valence-corrected chi connectivity index (χ0v) is 13.7. The molecule has 0 amide bonds. The molecule has 20 heavy (non-hydrogen) atoms. The lowest BCUT2D eigenvalue weighted by molar-refractivity contribution is -0.108. The summed E-state index contributed by atoms with van der Waals surface area (Å²) in [5.41, 5.74) is 1.38. The standard InChI is InChI=1S/C16H16OS3/c1-12-10-13(6-7-17)16(20-11-12,14-4-2-8-18-14)15-5-3-9-19-15/h2-5,7-10,13H,6,11H2,1H3/t13-/m0/s1. The second-order valence-electron chi connectivity index (χ2n) is 5.00. The normalized spacial score (nSPS) is 21.4. The summed E-state index contributed by atoms with van der Waals surface area (Å²) in [7, 11) is 0. The smallest absolute Gasteiger partial charge is 0.120 e. The zero-order chi connectivity index (χ0) is 14.0. The van der Waals surface area contributed by atoms with Crippen molar-refractivity contribution in [2.45, 2.75) is 18.1 Å². The van der Waals surface area contributed by atoms with Gasteiger partial charge in [-0.2, -0.15) is 0 Å². The van der Waals surface area contributed by atoms with Crippen LogP contribution >= 0.6 is 34.4 Å². The number of hydrogen-bond donors (Lipinski definition) is 0. The Morgan fingerprint density at radius 1 is 1.25 bits per heavy atom. The van der Waals surface area contributed by atoms with Gasteiger partial charge >= 0.3 is 0 Å². The fourth-order valence-electron chi connectivity index (χ4n) is 2.79. The fraction of sp³-hybridized carbons (Fsp3) is 0.312. The summed E-state index contributed by atoms with van der Waals surface area (Å²) < 4.78 is -0.0806. The average molecular weight is 321 g/mol. The quantitative estimate of drug-likeness (QED) is 0.585. The van der Waals surface area contributed by atoms with Gasteiger partial charge in [0.25, 0.3) is 0 Å². The Kier molecular flexibility index (Phi) is 4.15. The van der Waals surface area contributed by atoms with E-state index in [2.05, 4.69) is 48.0 Å². The monoisotopic (exact) mass is 320 g/mol. The number of thiophene rings is 2. The second kappa shape index (κ2) is 5.88. The predicted octanol–water partition coefficient (Wildman–Crippen LogP) is 4.95. The molecule has 1 atom stereocenters. The van der Waals surface area contributed by atoms with Crippen molar-refractivity contribution in [3.63, 3.8) is 0 Å². The predicted molar refractivity (Wildman–Crippen MR) is 89.8 cm³/mol. The fourth-order valence-corrected chi connectivity index (χ4v) is 6.64. The molecule has 104 valence electrons. The van der Waals surface area contributed by atoms with Gasteiger partial charge in [-0.1, -0.05) is 23.8 Å². The van der Waals surface area contributed by atoms with Gasteiger partial charge in [0.05, 0.1) is 4.75 Å². The molecule has 0 aliphatic carbocycles. The summed E-state index contributed by atoms with van der Waals surface area (Å²) >= 11 is 5.57. The molecule has 4 heteroatoms. The Hall–Kier alpha value is -0.840. The molecule has 3 heterocycles. The molecule has 2 aromatic heterocycles. The summed E-state index contributed by atoms with van der Waals surface area (Å²) in [5.74, 6) is 1.28. The van der Waals surface area contributed by atoms with E-state index in [0.717, 1.165) is 12.0 Å². The Morgan fingerprint density at radius 3 is 2.40 bits per heavy atom. The summed E-state index contributed by atoms with van der Waals surface area (Å²) in [4.78, 5) is 13.9. The highest BCUT2D eigenvalue weighted by atomic mass is 32.2. The van der Waals surface area contributed by atoms with Crippen molar-refractivity contribution in [3.8, 4) is 0 Å². The number of carbonyl (C=O) groups is 1. The number of aldehydes is 1. The Morgan fingerprint density at radius 2 is 1.90 bits per heavy atom. The van der Waals surface area contributed by atoms with Crippen LogP contribution in [0.15, 0.2) is 46.7 Å². The molecular weight excluding hydrogens is 304 g/mol. The van der Waals surface area contributed by atoms with Gasteiger partial charge in [0.1, 0.15) is 6.29 Å². The largest absolute Gasteiger partial charge is 0.303 e. The van der Waals surface area contributed by atoms with Gasteiger partial charge in [0.2, 0.25) is 0 Å². The Balaban J connectivity index is 2.17. The average Bonchev–Trinajstić information content (AvgIpc) is 3.13. The van der Waals surface area contributed by atoms with E-state index >= 15 is 0 Å². The van der Waals surface area contributed by atoms with Crippen molar-refractivity contribution in [1.82, 2.24) is 0 Å². The number of rotatable bonds is 4. The van der Waals surface area contributed by atoms with Crippen LogP contribution in [0.4, 0.5) is 0 Å². The maximum Gasteiger partial charge on any atom is 0.120 e. The van der Waals surface area contributed by atoms with Crippen LogP contribution in [0.1, 0.15) is 23.1 Å². The molecule has 0 fully saturated rings. The third kappa shape index (κ3) is 2.30. The van der Waals surface area contributed by atoms with E-state index in [0.29, 0.717) is 6.42 Å². The molecule has 0 saturated carbocycles. The van der Waals surface area contributed by atoms with Gasteiger partial charge in [0, 0.05) is 27.8 Å². The maximum atomic E-state index is 11.2. The molecule has 1 aliphatic heterocycles. The number of hydrogen-bond acceptors (Lipinski definition) is 4. The number of thioether (sulfide) groups is 1. The van der Waals surface area contributed by atoms with Crippen molar-refractivity contribution in [3.05, 3.63) is 56.4 Å². The first kappa shape index (κ1) is 14.1. The van der Waals surface area contributed by atoms with Crippen LogP contribution in [0, 0.1) is 5.92 Å². The van der Waals surface area contributed by atoms with Gasteiger partial charge in [0.15, 0.2) is 0 Å². The molecular formula is C16H16OS3. The van der Waals surface area contributed by atoms with Crippen LogP contribution in [0.5, 0.6) is 0 Å². The molecule has 1 aliphatic rings.